The van der Waals surface area contributed by atoms with E-state index in [4.69, 9.17) is 0 Å². The van der Waals surface area contributed by atoms with Crippen molar-refractivity contribution in [3.05, 3.63) is 18.5 Å². The maximum Gasteiger partial charge on any atom is 0.242 e. The van der Waals surface area contributed by atoms with E-state index < -0.39 is 0 Å². The van der Waals surface area contributed by atoms with Crippen LogP contribution in [0.25, 0.3) is 0 Å². The van der Waals surface area contributed by atoms with E-state index in [2.05, 4.69) is 33.5 Å². The van der Waals surface area contributed by atoms with Gasteiger partial charge in [0.1, 0.15) is 6.04 Å². The number of hydrogen-bond acceptors (Lipinski definition) is 4. The average molecular weight is 262 g/mol. The lowest BCUT2D eigenvalue weighted by molar-refractivity contribution is -0.122. The van der Waals surface area contributed by atoms with Crippen LogP contribution in [-0.2, 0) is 4.79 Å². The number of likely N-dealkylation sites (N-methyl/N-ethyl adjacent to an activating group) is 1. The summed E-state index contributed by atoms with van der Waals surface area (Å²) in [5, 5.41) is 6.01. The van der Waals surface area contributed by atoms with Crippen molar-refractivity contribution in [2.45, 2.75) is 32.2 Å². The van der Waals surface area contributed by atoms with E-state index >= 15 is 0 Å². The van der Waals surface area contributed by atoms with Crippen LogP contribution in [0.2, 0.25) is 0 Å². The monoisotopic (exact) mass is 262 g/mol. The molecule has 0 radical (unpaired) electrons. The first-order valence-corrected chi connectivity index (χ1v) is 6.93. The van der Waals surface area contributed by atoms with Crippen LogP contribution in [-0.4, -0.2) is 37.1 Å². The molecule has 1 aliphatic rings. The first-order chi connectivity index (χ1) is 9.26. The zero-order valence-electron chi connectivity index (χ0n) is 11.6. The van der Waals surface area contributed by atoms with Gasteiger partial charge < -0.3 is 15.5 Å². The summed E-state index contributed by atoms with van der Waals surface area (Å²) in [4.78, 5) is 18.4. The molecule has 1 unspecified atom stereocenters. The van der Waals surface area contributed by atoms with Crippen molar-refractivity contribution in [3.8, 4) is 0 Å². The molecule has 19 heavy (non-hydrogen) atoms. The Morgan fingerprint density at radius 3 is 3.05 bits per heavy atom. The highest BCUT2D eigenvalue weighted by atomic mass is 16.2. The molecule has 1 aromatic heterocycles. The summed E-state index contributed by atoms with van der Waals surface area (Å²) < 4.78 is 0. The largest absolute Gasteiger partial charge is 0.384 e. The predicted octanol–water partition coefficient (Wildman–Crippen LogP) is 1.62. The Morgan fingerprint density at radius 2 is 2.32 bits per heavy atom. The number of piperidine rings is 1. The van der Waals surface area contributed by atoms with Crippen LogP contribution in [0.15, 0.2) is 18.5 Å². The van der Waals surface area contributed by atoms with Crippen LogP contribution in [0, 0.1) is 0 Å². The molecule has 1 amide bonds. The lowest BCUT2D eigenvalue weighted by Gasteiger charge is -2.36. The Bertz CT molecular complexity index is 435. The van der Waals surface area contributed by atoms with Gasteiger partial charge in [-0.25, -0.2) is 0 Å². The number of hydrogen-bond donors (Lipinski definition) is 2. The molecule has 1 aromatic rings. The second kappa shape index (κ2) is 6.41. The van der Waals surface area contributed by atoms with Crippen molar-refractivity contribution in [1.82, 2.24) is 10.3 Å². The van der Waals surface area contributed by atoms with Gasteiger partial charge in [-0.2, -0.15) is 0 Å². The second-order valence-corrected chi connectivity index (χ2v) is 4.78. The SMILES string of the molecule is CCNc1cncc(N2CCCCC2C(=O)NC)c1. The van der Waals surface area contributed by atoms with Crippen molar-refractivity contribution < 1.29 is 4.79 Å². The molecule has 0 bridgehead atoms. The number of anilines is 2. The van der Waals surface area contributed by atoms with Crippen LogP contribution in [0.3, 0.4) is 0 Å². The molecule has 5 heteroatoms. The molecule has 2 heterocycles. The Morgan fingerprint density at radius 1 is 1.47 bits per heavy atom. The number of pyridine rings is 1. The number of carbonyl (C=O) groups excluding carboxylic acids is 1. The maximum atomic E-state index is 12.0. The third kappa shape index (κ3) is 3.16. The summed E-state index contributed by atoms with van der Waals surface area (Å²) in [6, 6.07) is 2.00. The van der Waals surface area contributed by atoms with Gasteiger partial charge in [0.05, 0.1) is 23.8 Å². The number of nitrogens with one attached hydrogen (secondary N) is 2. The highest BCUT2D eigenvalue weighted by Gasteiger charge is 2.28. The zero-order valence-corrected chi connectivity index (χ0v) is 11.6. The van der Waals surface area contributed by atoms with Crippen molar-refractivity contribution in [1.29, 1.82) is 0 Å². The van der Waals surface area contributed by atoms with Gasteiger partial charge in [0.2, 0.25) is 5.91 Å². The van der Waals surface area contributed by atoms with Gasteiger partial charge in [-0.1, -0.05) is 0 Å². The smallest absolute Gasteiger partial charge is 0.242 e. The van der Waals surface area contributed by atoms with Gasteiger partial charge in [-0.3, -0.25) is 9.78 Å². The Hall–Kier alpha value is -1.78. The van der Waals surface area contributed by atoms with Crippen molar-refractivity contribution in [2.75, 3.05) is 30.4 Å². The summed E-state index contributed by atoms with van der Waals surface area (Å²) in [5.74, 6) is 0.0913. The summed E-state index contributed by atoms with van der Waals surface area (Å²) >= 11 is 0. The van der Waals surface area contributed by atoms with Crippen molar-refractivity contribution >= 4 is 17.3 Å². The van der Waals surface area contributed by atoms with Crippen LogP contribution < -0.4 is 15.5 Å². The fourth-order valence-corrected chi connectivity index (χ4v) is 2.57. The molecule has 1 saturated heterocycles. The van der Waals surface area contributed by atoms with Gasteiger partial charge in [0.25, 0.3) is 0 Å². The molecule has 0 saturated carbocycles. The Labute approximate surface area is 114 Å². The fraction of sp³-hybridized carbons (Fsp3) is 0.571. The molecule has 0 aromatic carbocycles. The van der Waals surface area contributed by atoms with Crippen LogP contribution in [0.4, 0.5) is 11.4 Å². The minimum Gasteiger partial charge on any atom is -0.384 e. The van der Waals surface area contributed by atoms with Crippen molar-refractivity contribution in [3.63, 3.8) is 0 Å². The van der Waals surface area contributed by atoms with Crippen LogP contribution in [0.1, 0.15) is 26.2 Å². The lowest BCUT2D eigenvalue weighted by atomic mass is 10.0. The highest BCUT2D eigenvalue weighted by Crippen LogP contribution is 2.26. The van der Waals surface area contributed by atoms with Crippen LogP contribution >= 0.6 is 0 Å². The molecule has 5 nitrogen and oxygen atoms in total. The standard InChI is InChI=1S/C14H22N4O/c1-3-17-11-8-12(10-16-9-11)18-7-5-4-6-13(18)14(19)15-2/h8-10,13,17H,3-7H2,1-2H3,(H,15,19). The van der Waals surface area contributed by atoms with Crippen molar-refractivity contribution in [2.24, 2.45) is 0 Å². The van der Waals surface area contributed by atoms with E-state index in [0.717, 1.165) is 43.7 Å². The van der Waals surface area contributed by atoms with Gasteiger partial charge in [0, 0.05) is 20.1 Å². The molecular formula is C14H22N4O. The summed E-state index contributed by atoms with van der Waals surface area (Å²) in [7, 11) is 1.70. The highest BCUT2D eigenvalue weighted by molar-refractivity contribution is 5.85. The number of nitrogens with zero attached hydrogens (tertiary/aromatic N) is 2. The lowest BCUT2D eigenvalue weighted by Crippen LogP contribution is -2.48. The molecule has 1 atom stereocenters. The maximum absolute atomic E-state index is 12.0. The van der Waals surface area contributed by atoms with E-state index in [1.165, 1.54) is 0 Å². The number of carbonyl (C=O) groups is 1. The first kappa shape index (κ1) is 13.6. The molecule has 104 valence electrons. The Kier molecular flexibility index (Phi) is 4.60. The summed E-state index contributed by atoms with van der Waals surface area (Å²) in [6.07, 6.45) is 6.78. The second-order valence-electron chi connectivity index (χ2n) is 4.78. The normalized spacial score (nSPS) is 19.1. The topological polar surface area (TPSA) is 57.3 Å². The van der Waals surface area contributed by atoms with Gasteiger partial charge in [0.15, 0.2) is 0 Å². The van der Waals surface area contributed by atoms with E-state index in [0.29, 0.717) is 0 Å². The quantitative estimate of drug-likeness (QED) is 0.865. The molecule has 2 N–H and O–H groups in total. The number of rotatable bonds is 4. The van der Waals surface area contributed by atoms with E-state index in [-0.39, 0.29) is 11.9 Å². The van der Waals surface area contributed by atoms with Crippen LogP contribution in [0.5, 0.6) is 0 Å². The number of amides is 1. The minimum absolute atomic E-state index is 0.0718. The van der Waals surface area contributed by atoms with Gasteiger partial charge in [-0.15, -0.1) is 0 Å². The minimum atomic E-state index is -0.0718. The third-order valence-electron chi connectivity index (χ3n) is 3.49. The summed E-state index contributed by atoms with van der Waals surface area (Å²) in [6.45, 7) is 3.83. The van der Waals surface area contributed by atoms with E-state index in [1.807, 2.05) is 12.4 Å². The fourth-order valence-electron chi connectivity index (χ4n) is 2.57. The van der Waals surface area contributed by atoms with Gasteiger partial charge >= 0.3 is 0 Å². The average Bonchev–Trinajstić information content (AvgIpc) is 2.47. The van der Waals surface area contributed by atoms with E-state index in [9.17, 15) is 4.79 Å². The predicted molar refractivity (Wildman–Crippen MR) is 77.5 cm³/mol. The number of aromatic nitrogens is 1. The molecule has 1 aliphatic heterocycles. The first-order valence-electron chi connectivity index (χ1n) is 6.93. The van der Waals surface area contributed by atoms with E-state index in [1.54, 1.807) is 7.05 Å². The molecule has 2 rings (SSSR count). The Balaban J connectivity index is 2.21. The molecular weight excluding hydrogens is 240 g/mol. The van der Waals surface area contributed by atoms with Gasteiger partial charge in [-0.05, 0) is 32.3 Å². The summed E-state index contributed by atoms with van der Waals surface area (Å²) in [5.41, 5.74) is 2.02. The zero-order chi connectivity index (χ0) is 13.7. The third-order valence-corrected chi connectivity index (χ3v) is 3.49. The molecule has 0 spiro atoms. The molecule has 0 aliphatic carbocycles. The molecule has 1 fully saturated rings.